The number of likely N-dealkylation sites (tertiary alicyclic amines) is 1. The normalized spacial score (nSPS) is 22.0. The fourth-order valence-electron chi connectivity index (χ4n) is 3.42. The molecule has 0 saturated carbocycles. The van der Waals surface area contributed by atoms with Crippen LogP contribution in [0.25, 0.3) is 0 Å². The second-order valence-corrected chi connectivity index (χ2v) is 7.28. The van der Waals surface area contributed by atoms with E-state index in [1.165, 1.54) is 0 Å². The highest BCUT2D eigenvalue weighted by atomic mass is 35.5. The van der Waals surface area contributed by atoms with Gasteiger partial charge in [-0.2, -0.15) is 0 Å². The van der Waals surface area contributed by atoms with Crippen molar-refractivity contribution in [1.82, 2.24) is 10.2 Å². The van der Waals surface area contributed by atoms with Gasteiger partial charge in [-0.15, -0.1) is 0 Å². The molecular formula is C19H25ClN2O3. The van der Waals surface area contributed by atoms with Crippen LogP contribution in [0.5, 0.6) is 0 Å². The van der Waals surface area contributed by atoms with E-state index in [2.05, 4.69) is 5.32 Å². The molecule has 25 heavy (non-hydrogen) atoms. The van der Waals surface area contributed by atoms with Gasteiger partial charge in [-0.05, 0) is 43.4 Å². The summed E-state index contributed by atoms with van der Waals surface area (Å²) in [7, 11) is 0. The van der Waals surface area contributed by atoms with Gasteiger partial charge >= 0.3 is 0 Å². The van der Waals surface area contributed by atoms with E-state index in [-0.39, 0.29) is 23.8 Å². The standard InChI is InChI=1S/C19H25ClN2O3/c20-16-4-1-14(2-5-16)7-10-22-13-15(3-6-18(22)23)19(24)21-17-8-11-25-12-9-17/h1-2,4-5,15,17H,3,6-13H2,(H,21,24)/t15-/m1/s1. The minimum absolute atomic E-state index is 0.0795. The van der Waals surface area contributed by atoms with Crippen LogP contribution in [0.15, 0.2) is 24.3 Å². The predicted molar refractivity (Wildman–Crippen MR) is 96.4 cm³/mol. The van der Waals surface area contributed by atoms with Gasteiger partial charge in [-0.25, -0.2) is 0 Å². The molecule has 0 bridgehead atoms. The number of piperidine rings is 1. The molecule has 2 saturated heterocycles. The molecule has 1 aromatic rings. The summed E-state index contributed by atoms with van der Waals surface area (Å²) in [6, 6.07) is 7.89. The Labute approximate surface area is 153 Å². The minimum atomic E-state index is -0.106. The molecule has 1 atom stereocenters. The fourth-order valence-corrected chi connectivity index (χ4v) is 3.55. The maximum atomic E-state index is 12.5. The van der Waals surface area contributed by atoms with Crippen molar-refractivity contribution in [3.05, 3.63) is 34.9 Å². The number of halogens is 1. The fraction of sp³-hybridized carbons (Fsp3) is 0.579. The second-order valence-electron chi connectivity index (χ2n) is 6.85. The summed E-state index contributed by atoms with van der Waals surface area (Å²) in [5.74, 6) is 0.116. The Bertz CT molecular complexity index is 599. The average molecular weight is 365 g/mol. The van der Waals surface area contributed by atoms with Gasteiger partial charge in [0.1, 0.15) is 0 Å². The van der Waals surface area contributed by atoms with Gasteiger partial charge in [0.05, 0.1) is 5.92 Å². The Morgan fingerprint density at radius 1 is 1.20 bits per heavy atom. The van der Waals surface area contributed by atoms with E-state index < -0.39 is 0 Å². The lowest BCUT2D eigenvalue weighted by molar-refractivity contribution is -0.138. The van der Waals surface area contributed by atoms with Crippen LogP contribution in [0.1, 0.15) is 31.2 Å². The lowest BCUT2D eigenvalue weighted by Crippen LogP contribution is -2.49. The lowest BCUT2D eigenvalue weighted by atomic mass is 9.95. The number of benzene rings is 1. The van der Waals surface area contributed by atoms with Gasteiger partial charge in [0.2, 0.25) is 11.8 Å². The van der Waals surface area contributed by atoms with Gasteiger partial charge in [-0.1, -0.05) is 23.7 Å². The van der Waals surface area contributed by atoms with Gasteiger partial charge in [0.25, 0.3) is 0 Å². The van der Waals surface area contributed by atoms with Crippen molar-refractivity contribution in [1.29, 1.82) is 0 Å². The minimum Gasteiger partial charge on any atom is -0.381 e. The van der Waals surface area contributed by atoms with Crippen molar-refractivity contribution < 1.29 is 14.3 Å². The molecule has 2 fully saturated rings. The summed E-state index contributed by atoms with van der Waals surface area (Å²) in [6.45, 7) is 2.58. The monoisotopic (exact) mass is 364 g/mol. The van der Waals surface area contributed by atoms with E-state index in [0.717, 1.165) is 24.8 Å². The van der Waals surface area contributed by atoms with Crippen LogP contribution in [-0.4, -0.2) is 49.1 Å². The zero-order chi connectivity index (χ0) is 17.6. The molecule has 2 heterocycles. The molecule has 1 N–H and O–H groups in total. The zero-order valence-corrected chi connectivity index (χ0v) is 15.1. The number of hydrogen-bond acceptors (Lipinski definition) is 3. The third-order valence-corrected chi connectivity index (χ3v) is 5.27. The molecule has 5 nitrogen and oxygen atoms in total. The Kier molecular flexibility index (Phi) is 6.32. The summed E-state index contributed by atoms with van der Waals surface area (Å²) in [5, 5.41) is 3.84. The first-order chi connectivity index (χ1) is 12.1. The van der Waals surface area contributed by atoms with E-state index in [9.17, 15) is 9.59 Å². The van der Waals surface area contributed by atoms with E-state index >= 15 is 0 Å². The molecule has 2 amide bonds. The van der Waals surface area contributed by atoms with Crippen molar-refractivity contribution in [2.45, 2.75) is 38.1 Å². The Balaban J connectivity index is 1.50. The molecule has 6 heteroatoms. The third kappa shape index (κ3) is 5.19. The molecule has 2 aliphatic rings. The predicted octanol–water partition coefficient (Wildman–Crippen LogP) is 2.42. The van der Waals surface area contributed by atoms with Crippen LogP contribution in [0.3, 0.4) is 0 Å². The van der Waals surface area contributed by atoms with Gasteiger partial charge in [-0.3, -0.25) is 9.59 Å². The second kappa shape index (κ2) is 8.68. The largest absolute Gasteiger partial charge is 0.381 e. The summed E-state index contributed by atoms with van der Waals surface area (Å²) in [5.41, 5.74) is 1.14. The SMILES string of the molecule is O=C(NC1CCOCC1)[C@@H]1CCC(=O)N(CCc2ccc(Cl)cc2)C1. The molecule has 2 aliphatic heterocycles. The highest BCUT2D eigenvalue weighted by Crippen LogP contribution is 2.20. The number of rotatable bonds is 5. The van der Waals surface area contributed by atoms with Gasteiger partial charge < -0.3 is 15.0 Å². The van der Waals surface area contributed by atoms with E-state index in [1.54, 1.807) is 0 Å². The van der Waals surface area contributed by atoms with E-state index in [1.807, 2.05) is 29.2 Å². The Morgan fingerprint density at radius 2 is 1.92 bits per heavy atom. The topological polar surface area (TPSA) is 58.6 Å². The van der Waals surface area contributed by atoms with Crippen LogP contribution in [0.2, 0.25) is 5.02 Å². The molecule has 0 aromatic heterocycles. The Morgan fingerprint density at radius 3 is 2.64 bits per heavy atom. The molecule has 0 unspecified atom stereocenters. The maximum Gasteiger partial charge on any atom is 0.225 e. The molecule has 0 spiro atoms. The van der Waals surface area contributed by atoms with Crippen LogP contribution >= 0.6 is 11.6 Å². The number of carbonyl (C=O) groups is 2. The highest BCUT2D eigenvalue weighted by molar-refractivity contribution is 6.30. The number of carbonyl (C=O) groups excluding carboxylic acids is 2. The molecule has 3 rings (SSSR count). The summed E-state index contributed by atoms with van der Waals surface area (Å²) >= 11 is 5.90. The van der Waals surface area contributed by atoms with Crippen molar-refractivity contribution in [3.8, 4) is 0 Å². The summed E-state index contributed by atoms with van der Waals surface area (Å²) in [4.78, 5) is 26.5. The number of ether oxygens (including phenoxy) is 1. The molecule has 0 aliphatic carbocycles. The van der Waals surface area contributed by atoms with Gasteiger partial charge in [0, 0.05) is 43.8 Å². The molecular weight excluding hydrogens is 340 g/mol. The number of hydrogen-bond donors (Lipinski definition) is 1. The summed E-state index contributed by atoms with van der Waals surface area (Å²) in [6.07, 6.45) is 3.62. The third-order valence-electron chi connectivity index (χ3n) is 5.02. The number of amides is 2. The van der Waals surface area contributed by atoms with Crippen molar-refractivity contribution in [3.63, 3.8) is 0 Å². The molecule has 136 valence electrons. The first-order valence-electron chi connectivity index (χ1n) is 9.02. The quantitative estimate of drug-likeness (QED) is 0.872. The van der Waals surface area contributed by atoms with Crippen molar-refractivity contribution in [2.75, 3.05) is 26.3 Å². The molecule has 0 radical (unpaired) electrons. The lowest BCUT2D eigenvalue weighted by Gasteiger charge is -2.33. The van der Waals surface area contributed by atoms with E-state index in [4.69, 9.17) is 16.3 Å². The van der Waals surface area contributed by atoms with Gasteiger partial charge in [0.15, 0.2) is 0 Å². The van der Waals surface area contributed by atoms with Crippen LogP contribution in [-0.2, 0) is 20.7 Å². The Hall–Kier alpha value is -1.59. The average Bonchev–Trinajstić information content (AvgIpc) is 2.63. The van der Waals surface area contributed by atoms with Crippen LogP contribution in [0, 0.1) is 5.92 Å². The first-order valence-corrected chi connectivity index (χ1v) is 9.40. The zero-order valence-electron chi connectivity index (χ0n) is 14.4. The molecule has 1 aromatic carbocycles. The smallest absolute Gasteiger partial charge is 0.225 e. The maximum absolute atomic E-state index is 12.5. The first kappa shape index (κ1) is 18.2. The van der Waals surface area contributed by atoms with Crippen molar-refractivity contribution >= 4 is 23.4 Å². The van der Waals surface area contributed by atoms with E-state index in [0.29, 0.717) is 44.2 Å². The highest BCUT2D eigenvalue weighted by Gasteiger charge is 2.31. The number of nitrogens with one attached hydrogen (secondary N) is 1. The summed E-state index contributed by atoms with van der Waals surface area (Å²) < 4.78 is 5.33. The van der Waals surface area contributed by atoms with Crippen LogP contribution in [0.4, 0.5) is 0 Å². The van der Waals surface area contributed by atoms with Crippen LogP contribution < -0.4 is 5.32 Å². The van der Waals surface area contributed by atoms with Crippen molar-refractivity contribution in [2.24, 2.45) is 5.92 Å². The number of nitrogens with zero attached hydrogens (tertiary/aromatic N) is 1.